The van der Waals surface area contributed by atoms with Crippen molar-refractivity contribution >= 4 is 19.6 Å². The van der Waals surface area contributed by atoms with Crippen molar-refractivity contribution in [3.8, 4) is 0 Å². The van der Waals surface area contributed by atoms with Gasteiger partial charge in [0, 0.05) is 18.8 Å². The lowest BCUT2D eigenvalue weighted by molar-refractivity contribution is -0.174. The van der Waals surface area contributed by atoms with Gasteiger partial charge in [-0.3, -0.25) is 9.59 Å². The van der Waals surface area contributed by atoms with Gasteiger partial charge in [-0.05, 0) is 73.4 Å². The minimum Gasteiger partial charge on any atom is -0.463 e. The van der Waals surface area contributed by atoms with Crippen LogP contribution in [0.2, 0.25) is 5.31 Å². The van der Waals surface area contributed by atoms with Crippen LogP contribution < -0.4 is 0 Å². The molecular weight excluding hydrogens is 327 g/mol. The largest absolute Gasteiger partial charge is 0.463 e. The third kappa shape index (κ3) is 2.31. The maximum atomic E-state index is 12.5. The Balaban J connectivity index is 1.65. The van der Waals surface area contributed by atoms with Gasteiger partial charge in [0.1, 0.15) is 11.9 Å². The first-order chi connectivity index (χ1) is 12.1. The highest BCUT2D eigenvalue weighted by molar-refractivity contribution is 6.16. The highest BCUT2D eigenvalue weighted by atomic mass is 16.5. The Morgan fingerprint density at radius 1 is 1.19 bits per heavy atom. The number of carbonyl (C=O) groups excluding carboxylic acids is 2. The maximum Gasteiger partial charge on any atom is 0.302 e. The van der Waals surface area contributed by atoms with Crippen LogP contribution in [0.4, 0.5) is 0 Å². The van der Waals surface area contributed by atoms with Gasteiger partial charge in [-0.15, -0.1) is 0 Å². The lowest BCUT2D eigenvalue weighted by Crippen LogP contribution is -2.61. The predicted molar refractivity (Wildman–Crippen MR) is 98.6 cm³/mol. The topological polar surface area (TPSA) is 63.6 Å². The number of rotatable bonds is 1. The fraction of sp³-hybridized carbons (Fsp3) is 0.905. The van der Waals surface area contributed by atoms with Crippen molar-refractivity contribution in [2.75, 3.05) is 0 Å². The van der Waals surface area contributed by atoms with E-state index in [1.807, 2.05) is 0 Å². The number of hydrogen-bond donors (Lipinski definition) is 1. The third-order valence-electron chi connectivity index (χ3n) is 9.00. The molecule has 0 bridgehead atoms. The van der Waals surface area contributed by atoms with Gasteiger partial charge in [-0.1, -0.05) is 13.8 Å². The molecule has 4 nitrogen and oxygen atoms in total. The molecule has 0 saturated heterocycles. The van der Waals surface area contributed by atoms with Crippen molar-refractivity contribution in [3.63, 3.8) is 0 Å². The molecule has 0 aliphatic heterocycles. The van der Waals surface area contributed by atoms with Gasteiger partial charge in [0.05, 0.1) is 14.0 Å². The zero-order chi connectivity index (χ0) is 18.9. The summed E-state index contributed by atoms with van der Waals surface area (Å²) in [5, 5.41) is 10.4. The van der Waals surface area contributed by atoms with Crippen LogP contribution in [0.3, 0.4) is 0 Å². The lowest BCUT2D eigenvalue weighted by atomic mass is 9.34. The first-order valence-electron chi connectivity index (χ1n) is 10.3. The molecule has 8 atom stereocenters. The Kier molecular flexibility index (Phi) is 4.15. The summed E-state index contributed by atoms with van der Waals surface area (Å²) in [5.41, 5.74) is -0.361. The second-order valence-electron chi connectivity index (χ2n) is 9.98. The first kappa shape index (κ1) is 18.5. The lowest BCUT2D eigenvalue weighted by Gasteiger charge is -2.66. The van der Waals surface area contributed by atoms with E-state index in [-0.39, 0.29) is 22.9 Å². The number of esters is 1. The molecule has 0 heterocycles. The Morgan fingerprint density at radius 2 is 1.92 bits per heavy atom. The molecule has 0 spiro atoms. The standard InChI is InChI=1S/C21H31BO4/c1-12(23)26-13-6-9-20(3)16-7-8-19(2)15(4-5-17(19)24)14(16)10-18(25)21(20,22)11-13/h13-16,18,25H,4-11H2,1-3H3. The van der Waals surface area contributed by atoms with E-state index in [2.05, 4.69) is 13.8 Å². The Hall–Kier alpha value is -0.835. The van der Waals surface area contributed by atoms with Crippen molar-refractivity contribution in [1.82, 2.24) is 0 Å². The number of hydrogen-bond acceptors (Lipinski definition) is 4. The van der Waals surface area contributed by atoms with Gasteiger partial charge >= 0.3 is 5.97 Å². The zero-order valence-electron chi connectivity index (χ0n) is 16.3. The summed E-state index contributed by atoms with van der Waals surface area (Å²) >= 11 is 0. The van der Waals surface area contributed by atoms with Crippen LogP contribution in [0.5, 0.6) is 0 Å². The Labute approximate surface area is 157 Å². The molecule has 0 amide bonds. The molecule has 0 aromatic heterocycles. The number of carbonyl (C=O) groups is 2. The maximum absolute atomic E-state index is 12.5. The van der Waals surface area contributed by atoms with Gasteiger partial charge in [-0.25, -0.2) is 0 Å². The second-order valence-corrected chi connectivity index (χ2v) is 9.98. The smallest absolute Gasteiger partial charge is 0.302 e. The van der Waals surface area contributed by atoms with Crippen LogP contribution in [-0.2, 0) is 14.3 Å². The molecule has 4 aliphatic rings. The minimum absolute atomic E-state index is 0.168. The summed E-state index contributed by atoms with van der Waals surface area (Å²) in [5.74, 6) is 1.35. The van der Waals surface area contributed by atoms with Crippen LogP contribution in [-0.4, -0.2) is 36.9 Å². The quantitative estimate of drug-likeness (QED) is 0.578. The van der Waals surface area contributed by atoms with Crippen LogP contribution in [0, 0.1) is 28.6 Å². The van der Waals surface area contributed by atoms with Crippen molar-refractivity contribution in [2.24, 2.45) is 28.6 Å². The van der Waals surface area contributed by atoms with Crippen LogP contribution in [0.1, 0.15) is 72.1 Å². The molecular formula is C21H31BO4. The summed E-state index contributed by atoms with van der Waals surface area (Å²) in [4.78, 5) is 23.9. The van der Waals surface area contributed by atoms with Crippen molar-refractivity contribution in [2.45, 2.75) is 89.7 Å². The summed E-state index contributed by atoms with van der Waals surface area (Å²) in [6.07, 6.45) is 5.72. The molecule has 4 saturated carbocycles. The second kappa shape index (κ2) is 5.83. The average Bonchev–Trinajstić information content (AvgIpc) is 2.86. The van der Waals surface area contributed by atoms with E-state index in [0.717, 1.165) is 32.1 Å². The highest BCUT2D eigenvalue weighted by Crippen LogP contribution is 2.71. The number of aliphatic hydroxyl groups excluding tert-OH is 1. The zero-order valence-corrected chi connectivity index (χ0v) is 16.3. The average molecular weight is 358 g/mol. The number of fused-ring (bicyclic) bond motifs is 5. The normalized spacial score (nSPS) is 53.4. The number of ketones is 1. The molecule has 26 heavy (non-hydrogen) atoms. The fourth-order valence-corrected chi connectivity index (χ4v) is 7.43. The summed E-state index contributed by atoms with van der Waals surface area (Å²) in [7, 11) is 6.90. The Morgan fingerprint density at radius 3 is 2.62 bits per heavy atom. The summed E-state index contributed by atoms with van der Waals surface area (Å²) in [6, 6.07) is 0. The van der Waals surface area contributed by atoms with E-state index in [0.29, 0.717) is 42.8 Å². The van der Waals surface area contributed by atoms with Crippen LogP contribution >= 0.6 is 0 Å². The molecule has 2 radical (unpaired) electrons. The van der Waals surface area contributed by atoms with Gasteiger partial charge < -0.3 is 9.84 Å². The molecule has 8 unspecified atom stereocenters. The Bertz CT molecular complexity index is 636. The van der Waals surface area contributed by atoms with E-state index in [1.165, 1.54) is 6.92 Å². The summed E-state index contributed by atoms with van der Waals surface area (Å²) < 4.78 is 5.46. The number of aliphatic hydroxyl groups is 1. The highest BCUT2D eigenvalue weighted by Gasteiger charge is 2.65. The molecule has 142 valence electrons. The number of ether oxygens (including phenoxy) is 1. The first-order valence-corrected chi connectivity index (χ1v) is 10.3. The van der Waals surface area contributed by atoms with E-state index < -0.39 is 11.4 Å². The van der Waals surface area contributed by atoms with Crippen LogP contribution in [0.15, 0.2) is 0 Å². The van der Waals surface area contributed by atoms with Crippen LogP contribution in [0.25, 0.3) is 0 Å². The van der Waals surface area contributed by atoms with Gasteiger partial charge in [0.25, 0.3) is 0 Å². The number of Topliss-reactive ketones (excluding diaryl/α,β-unsaturated/α-hetero) is 1. The van der Waals surface area contributed by atoms with Gasteiger partial charge in [0.15, 0.2) is 0 Å². The van der Waals surface area contributed by atoms with E-state index in [9.17, 15) is 14.7 Å². The molecule has 4 rings (SSSR count). The van der Waals surface area contributed by atoms with E-state index >= 15 is 0 Å². The molecule has 0 aromatic carbocycles. The molecule has 4 aliphatic carbocycles. The summed E-state index contributed by atoms with van der Waals surface area (Å²) in [6.45, 7) is 5.83. The van der Waals surface area contributed by atoms with Crippen molar-refractivity contribution < 1.29 is 19.4 Å². The SMILES string of the molecule is [B]C12CC(OC(C)=O)CCC1(C)C1CCC3(C)C(=O)CCC3C1CC2O. The van der Waals surface area contributed by atoms with Crippen molar-refractivity contribution in [1.29, 1.82) is 0 Å². The monoisotopic (exact) mass is 358 g/mol. The predicted octanol–water partition coefficient (Wildman–Crippen LogP) is 3.21. The molecule has 5 heteroatoms. The minimum atomic E-state index is -0.719. The fourth-order valence-electron chi connectivity index (χ4n) is 7.43. The van der Waals surface area contributed by atoms with E-state index in [1.54, 1.807) is 0 Å². The molecule has 1 N–H and O–H groups in total. The van der Waals surface area contributed by atoms with E-state index in [4.69, 9.17) is 12.6 Å². The third-order valence-corrected chi connectivity index (χ3v) is 9.00. The van der Waals surface area contributed by atoms with Crippen molar-refractivity contribution in [3.05, 3.63) is 0 Å². The molecule has 0 aromatic rings. The van der Waals surface area contributed by atoms with Gasteiger partial charge in [-0.2, -0.15) is 0 Å². The van der Waals surface area contributed by atoms with Gasteiger partial charge in [0.2, 0.25) is 0 Å². The molecule has 4 fully saturated rings.